The Kier molecular flexibility index (Phi) is 2.77. The number of hydrazine groups is 1. The summed E-state index contributed by atoms with van der Waals surface area (Å²) >= 11 is 5.62. The zero-order chi connectivity index (χ0) is 10.1. The molecule has 72 valence electrons. The molecule has 0 amide bonds. The molecule has 0 radical (unpaired) electrons. The third-order valence-electron chi connectivity index (χ3n) is 1.39. The van der Waals surface area contributed by atoms with Crippen molar-refractivity contribution in [2.45, 2.75) is 4.90 Å². The van der Waals surface area contributed by atoms with E-state index in [1.165, 1.54) is 12.1 Å². The van der Waals surface area contributed by atoms with E-state index in [2.05, 4.69) is 5.43 Å². The van der Waals surface area contributed by atoms with E-state index >= 15 is 0 Å². The molecule has 0 aliphatic heterocycles. The molecule has 7 heteroatoms. The number of benzene rings is 1. The fourth-order valence-corrected chi connectivity index (χ4v) is 1.58. The molecule has 0 saturated carbocycles. The summed E-state index contributed by atoms with van der Waals surface area (Å²) in [6.45, 7) is 0. The van der Waals surface area contributed by atoms with Crippen LogP contribution < -0.4 is 11.3 Å². The van der Waals surface area contributed by atoms with Crippen LogP contribution >= 0.6 is 11.6 Å². The van der Waals surface area contributed by atoms with Crippen LogP contribution in [0.15, 0.2) is 23.1 Å². The van der Waals surface area contributed by atoms with Gasteiger partial charge in [0, 0.05) is 0 Å². The van der Waals surface area contributed by atoms with Crippen molar-refractivity contribution in [1.29, 1.82) is 0 Å². The van der Waals surface area contributed by atoms with Crippen LogP contribution in [-0.2, 0) is 10.1 Å². The molecule has 0 aliphatic rings. The second-order valence-electron chi connectivity index (χ2n) is 2.26. The van der Waals surface area contributed by atoms with Crippen LogP contribution in [0.25, 0.3) is 0 Å². The maximum Gasteiger partial charge on any atom is 0.294 e. The van der Waals surface area contributed by atoms with E-state index in [4.69, 9.17) is 22.0 Å². The normalized spacial score (nSPS) is 11.3. The van der Waals surface area contributed by atoms with Crippen molar-refractivity contribution in [2.75, 3.05) is 5.43 Å². The summed E-state index contributed by atoms with van der Waals surface area (Å²) in [5.41, 5.74) is 2.65. The average molecular weight is 223 g/mol. The molecule has 0 bridgehead atoms. The van der Waals surface area contributed by atoms with Gasteiger partial charge in [0.05, 0.1) is 15.6 Å². The Morgan fingerprint density at radius 2 is 2.08 bits per heavy atom. The Morgan fingerprint density at radius 1 is 1.46 bits per heavy atom. The quantitative estimate of drug-likeness (QED) is 0.392. The molecule has 0 heterocycles. The molecule has 1 rings (SSSR count). The molecule has 4 N–H and O–H groups in total. The first-order chi connectivity index (χ1) is 5.95. The van der Waals surface area contributed by atoms with E-state index in [0.717, 1.165) is 6.07 Å². The molecule has 0 saturated heterocycles. The van der Waals surface area contributed by atoms with Crippen molar-refractivity contribution in [3.05, 3.63) is 23.2 Å². The van der Waals surface area contributed by atoms with Gasteiger partial charge in [0.25, 0.3) is 10.1 Å². The molecular formula is C6H7ClN2O3S. The molecule has 0 aliphatic carbocycles. The van der Waals surface area contributed by atoms with Gasteiger partial charge in [-0.15, -0.1) is 0 Å². The molecule has 0 unspecified atom stereocenters. The smallest absolute Gasteiger partial charge is 0.294 e. The van der Waals surface area contributed by atoms with Crippen molar-refractivity contribution < 1.29 is 13.0 Å². The summed E-state index contributed by atoms with van der Waals surface area (Å²) in [6, 6.07) is 3.65. The van der Waals surface area contributed by atoms with E-state index in [1.807, 2.05) is 0 Å². The lowest BCUT2D eigenvalue weighted by Crippen LogP contribution is -2.07. The lowest BCUT2D eigenvalue weighted by molar-refractivity contribution is 0.483. The first-order valence-electron chi connectivity index (χ1n) is 3.19. The van der Waals surface area contributed by atoms with E-state index in [-0.39, 0.29) is 9.92 Å². The largest absolute Gasteiger partial charge is 0.323 e. The highest BCUT2D eigenvalue weighted by molar-refractivity contribution is 7.85. The molecule has 0 atom stereocenters. The second-order valence-corrected chi connectivity index (χ2v) is 4.09. The lowest BCUT2D eigenvalue weighted by Gasteiger charge is -2.03. The fourth-order valence-electron chi connectivity index (χ4n) is 0.773. The number of halogens is 1. The Hall–Kier alpha value is -0.820. The van der Waals surface area contributed by atoms with Crippen molar-refractivity contribution in [3.63, 3.8) is 0 Å². The van der Waals surface area contributed by atoms with Crippen LogP contribution in [0.3, 0.4) is 0 Å². The van der Waals surface area contributed by atoms with Gasteiger partial charge in [-0.25, -0.2) is 0 Å². The van der Waals surface area contributed by atoms with E-state index in [1.54, 1.807) is 0 Å². The predicted molar refractivity (Wildman–Crippen MR) is 49.1 cm³/mol. The van der Waals surface area contributed by atoms with Gasteiger partial charge in [0.2, 0.25) is 0 Å². The molecule has 5 nitrogen and oxygen atoms in total. The molecule has 13 heavy (non-hydrogen) atoms. The van der Waals surface area contributed by atoms with E-state index in [9.17, 15) is 8.42 Å². The molecule has 1 aromatic carbocycles. The second kappa shape index (κ2) is 3.51. The lowest BCUT2D eigenvalue weighted by atomic mass is 10.3. The Morgan fingerprint density at radius 3 is 2.46 bits per heavy atom. The zero-order valence-electron chi connectivity index (χ0n) is 6.36. The summed E-state index contributed by atoms with van der Waals surface area (Å²) in [5.74, 6) is 5.06. The summed E-state index contributed by atoms with van der Waals surface area (Å²) in [7, 11) is -4.20. The highest BCUT2D eigenvalue weighted by Gasteiger charge is 2.10. The number of nitrogens with two attached hydrogens (primary N) is 1. The Labute approximate surface area is 80.2 Å². The summed E-state index contributed by atoms with van der Waals surface area (Å²) in [5, 5.41) is 0.123. The van der Waals surface area contributed by atoms with Gasteiger partial charge in [-0.05, 0) is 18.2 Å². The zero-order valence-corrected chi connectivity index (χ0v) is 7.93. The van der Waals surface area contributed by atoms with Crippen molar-refractivity contribution in [2.24, 2.45) is 5.84 Å². The minimum Gasteiger partial charge on any atom is -0.323 e. The number of nitrogens with one attached hydrogen (secondary N) is 1. The van der Waals surface area contributed by atoms with Gasteiger partial charge < -0.3 is 5.43 Å². The minimum atomic E-state index is -4.20. The van der Waals surface area contributed by atoms with Gasteiger partial charge in [-0.2, -0.15) is 8.42 Å². The van der Waals surface area contributed by atoms with Crippen LogP contribution in [0.2, 0.25) is 5.02 Å². The van der Waals surface area contributed by atoms with Crippen LogP contribution in [0.4, 0.5) is 5.69 Å². The maximum absolute atomic E-state index is 10.6. The number of hydrogen-bond acceptors (Lipinski definition) is 4. The predicted octanol–water partition coefficient (Wildman–Crippen LogP) is 0.872. The average Bonchev–Trinajstić information content (AvgIpc) is 2.02. The first kappa shape index (κ1) is 10.3. The maximum atomic E-state index is 10.6. The number of anilines is 1. The number of hydrogen-bond donors (Lipinski definition) is 3. The monoisotopic (exact) mass is 222 g/mol. The van der Waals surface area contributed by atoms with Crippen molar-refractivity contribution in [1.82, 2.24) is 0 Å². The van der Waals surface area contributed by atoms with Crippen LogP contribution in [0, 0.1) is 0 Å². The molecule has 0 aromatic heterocycles. The standard InChI is InChI=1S/C6H7ClN2O3S/c7-5-3-4(13(10,11)12)1-2-6(5)9-8/h1-3,9H,8H2,(H,10,11,12). The third kappa shape index (κ3) is 2.31. The summed E-state index contributed by atoms with van der Waals surface area (Å²) < 4.78 is 29.9. The van der Waals surface area contributed by atoms with Crippen LogP contribution in [-0.4, -0.2) is 13.0 Å². The van der Waals surface area contributed by atoms with Gasteiger partial charge in [-0.3, -0.25) is 10.4 Å². The van der Waals surface area contributed by atoms with Gasteiger partial charge in [-0.1, -0.05) is 11.6 Å². The minimum absolute atomic E-state index is 0.123. The summed E-state index contributed by atoms with van der Waals surface area (Å²) in [6.07, 6.45) is 0. The van der Waals surface area contributed by atoms with Gasteiger partial charge >= 0.3 is 0 Å². The topological polar surface area (TPSA) is 92.4 Å². The fraction of sp³-hybridized carbons (Fsp3) is 0. The third-order valence-corrected chi connectivity index (χ3v) is 2.56. The first-order valence-corrected chi connectivity index (χ1v) is 5.00. The molecule has 0 spiro atoms. The van der Waals surface area contributed by atoms with Gasteiger partial charge in [0.1, 0.15) is 0 Å². The molecular weight excluding hydrogens is 216 g/mol. The van der Waals surface area contributed by atoms with Crippen LogP contribution in [0.5, 0.6) is 0 Å². The number of nitrogen functional groups attached to an aromatic ring is 1. The van der Waals surface area contributed by atoms with Crippen LogP contribution in [0.1, 0.15) is 0 Å². The Bertz CT molecular complexity index is 418. The number of rotatable bonds is 2. The molecule has 1 aromatic rings. The van der Waals surface area contributed by atoms with E-state index < -0.39 is 10.1 Å². The highest BCUT2D eigenvalue weighted by atomic mass is 35.5. The van der Waals surface area contributed by atoms with E-state index in [0.29, 0.717) is 5.69 Å². The molecule has 0 fully saturated rings. The van der Waals surface area contributed by atoms with Crippen molar-refractivity contribution >= 4 is 27.4 Å². The van der Waals surface area contributed by atoms with Gasteiger partial charge in [0.15, 0.2) is 0 Å². The SMILES string of the molecule is NNc1ccc(S(=O)(=O)O)cc1Cl. The van der Waals surface area contributed by atoms with Crippen molar-refractivity contribution in [3.8, 4) is 0 Å². The highest BCUT2D eigenvalue weighted by Crippen LogP contribution is 2.23. The summed E-state index contributed by atoms with van der Waals surface area (Å²) in [4.78, 5) is -0.267. The Balaban J connectivity index is 3.26.